The predicted octanol–water partition coefficient (Wildman–Crippen LogP) is 3.77. The molecular weight excluding hydrogens is 302 g/mol. The Hall–Kier alpha value is -2.62. The number of nitrogens with zero attached hydrogens (tertiary/aromatic N) is 1. The first-order valence-electron chi connectivity index (χ1n) is 8.29. The molecule has 4 heteroatoms. The highest BCUT2D eigenvalue weighted by molar-refractivity contribution is 5.97. The summed E-state index contributed by atoms with van der Waals surface area (Å²) in [5, 5.41) is 0. The fourth-order valence-corrected chi connectivity index (χ4v) is 3.17. The Bertz CT molecular complexity index is 699. The first-order chi connectivity index (χ1) is 11.7. The van der Waals surface area contributed by atoms with E-state index >= 15 is 0 Å². The fraction of sp³-hybridized carbons (Fsp3) is 0.300. The van der Waals surface area contributed by atoms with Crippen molar-refractivity contribution in [2.24, 2.45) is 0 Å². The van der Waals surface area contributed by atoms with Crippen molar-refractivity contribution >= 4 is 12.0 Å². The zero-order valence-corrected chi connectivity index (χ0v) is 13.7. The van der Waals surface area contributed by atoms with E-state index in [9.17, 15) is 9.59 Å². The van der Waals surface area contributed by atoms with Crippen LogP contribution < -0.4 is 0 Å². The number of amides is 2. The van der Waals surface area contributed by atoms with Crippen LogP contribution >= 0.6 is 0 Å². The molecule has 3 rings (SSSR count). The lowest BCUT2D eigenvalue weighted by Crippen LogP contribution is -2.42. The molecule has 0 N–H and O–H groups in total. The largest absolute Gasteiger partial charge is 0.447 e. The highest BCUT2D eigenvalue weighted by Gasteiger charge is 2.40. The van der Waals surface area contributed by atoms with Crippen molar-refractivity contribution in [2.75, 3.05) is 6.61 Å². The number of carbonyl (C=O) groups excluding carboxylic acids is 2. The molecule has 2 amide bonds. The van der Waals surface area contributed by atoms with Crippen LogP contribution in [0.1, 0.15) is 30.4 Å². The number of carbonyl (C=O) groups is 2. The standard InChI is InChI=1S/C20H21NO3/c1-2-18(16-11-7-4-8-12-16)19(22)21-17(14-24-20(21)23)13-15-9-5-3-6-10-15/h3-12,17-18H,2,13-14H2,1H3. The maximum Gasteiger partial charge on any atom is 0.417 e. The quantitative estimate of drug-likeness (QED) is 0.841. The van der Waals surface area contributed by atoms with E-state index in [4.69, 9.17) is 4.74 Å². The van der Waals surface area contributed by atoms with Crippen LogP contribution in [0.2, 0.25) is 0 Å². The van der Waals surface area contributed by atoms with Gasteiger partial charge in [-0.2, -0.15) is 0 Å². The lowest BCUT2D eigenvalue weighted by atomic mass is 9.94. The highest BCUT2D eigenvalue weighted by atomic mass is 16.6. The van der Waals surface area contributed by atoms with E-state index in [1.165, 1.54) is 4.90 Å². The van der Waals surface area contributed by atoms with E-state index in [1.54, 1.807) is 0 Å². The van der Waals surface area contributed by atoms with Crippen molar-refractivity contribution in [3.05, 3.63) is 71.8 Å². The van der Waals surface area contributed by atoms with Gasteiger partial charge >= 0.3 is 6.09 Å². The van der Waals surface area contributed by atoms with Crippen molar-refractivity contribution in [1.82, 2.24) is 4.90 Å². The van der Waals surface area contributed by atoms with E-state index in [0.717, 1.165) is 11.1 Å². The Labute approximate surface area is 142 Å². The second-order valence-corrected chi connectivity index (χ2v) is 6.00. The van der Waals surface area contributed by atoms with Gasteiger partial charge in [-0.15, -0.1) is 0 Å². The summed E-state index contributed by atoms with van der Waals surface area (Å²) in [4.78, 5) is 26.5. The van der Waals surface area contributed by atoms with Gasteiger partial charge in [-0.3, -0.25) is 4.79 Å². The lowest BCUT2D eigenvalue weighted by molar-refractivity contribution is -0.130. The van der Waals surface area contributed by atoms with Gasteiger partial charge < -0.3 is 4.74 Å². The molecule has 0 radical (unpaired) electrons. The first-order valence-corrected chi connectivity index (χ1v) is 8.29. The van der Waals surface area contributed by atoms with E-state index in [0.29, 0.717) is 12.8 Å². The maximum atomic E-state index is 13.0. The topological polar surface area (TPSA) is 46.6 Å². The normalized spacial score (nSPS) is 18.3. The molecule has 1 aliphatic rings. The zero-order valence-electron chi connectivity index (χ0n) is 13.7. The first kappa shape index (κ1) is 16.2. The van der Waals surface area contributed by atoms with Gasteiger partial charge in [-0.1, -0.05) is 67.6 Å². The predicted molar refractivity (Wildman–Crippen MR) is 91.6 cm³/mol. The summed E-state index contributed by atoms with van der Waals surface area (Å²) in [7, 11) is 0. The summed E-state index contributed by atoms with van der Waals surface area (Å²) in [5.74, 6) is -0.498. The third kappa shape index (κ3) is 3.32. The van der Waals surface area contributed by atoms with Crippen LogP contribution in [-0.2, 0) is 16.0 Å². The number of rotatable bonds is 5. The van der Waals surface area contributed by atoms with Gasteiger partial charge in [-0.05, 0) is 24.0 Å². The Balaban J connectivity index is 1.81. The summed E-state index contributed by atoms with van der Waals surface area (Å²) < 4.78 is 5.17. The van der Waals surface area contributed by atoms with Gasteiger partial charge in [0.05, 0.1) is 12.0 Å². The maximum absolute atomic E-state index is 13.0. The number of benzene rings is 2. The molecule has 2 atom stereocenters. The monoisotopic (exact) mass is 323 g/mol. The van der Waals surface area contributed by atoms with Gasteiger partial charge in [0.2, 0.25) is 5.91 Å². The molecule has 0 bridgehead atoms. The number of imide groups is 1. The summed E-state index contributed by atoms with van der Waals surface area (Å²) in [5.41, 5.74) is 2.02. The number of hydrogen-bond acceptors (Lipinski definition) is 3. The molecule has 1 aliphatic heterocycles. The minimum Gasteiger partial charge on any atom is -0.447 e. The van der Waals surface area contributed by atoms with Crippen LogP contribution in [-0.4, -0.2) is 29.5 Å². The molecule has 124 valence electrons. The molecule has 2 unspecified atom stereocenters. The third-order valence-electron chi connectivity index (χ3n) is 4.42. The summed E-state index contributed by atoms with van der Waals surface area (Å²) in [6.07, 6.45) is 0.726. The molecule has 1 fully saturated rings. The minimum absolute atomic E-state index is 0.174. The van der Waals surface area contributed by atoms with Crippen molar-refractivity contribution in [1.29, 1.82) is 0 Å². The van der Waals surface area contributed by atoms with Crippen LogP contribution in [0.15, 0.2) is 60.7 Å². The molecule has 4 nitrogen and oxygen atoms in total. The molecule has 0 aliphatic carbocycles. The second kappa shape index (κ2) is 7.30. The van der Waals surface area contributed by atoms with E-state index < -0.39 is 6.09 Å². The fourth-order valence-electron chi connectivity index (χ4n) is 3.17. The molecule has 2 aromatic rings. The molecule has 2 aromatic carbocycles. The third-order valence-corrected chi connectivity index (χ3v) is 4.42. The lowest BCUT2D eigenvalue weighted by Gasteiger charge is -2.24. The van der Waals surface area contributed by atoms with Crippen LogP contribution in [0.3, 0.4) is 0 Å². The zero-order chi connectivity index (χ0) is 16.9. The van der Waals surface area contributed by atoms with E-state index in [-0.39, 0.29) is 24.5 Å². The van der Waals surface area contributed by atoms with Crippen molar-refractivity contribution in [3.63, 3.8) is 0 Å². The summed E-state index contributed by atoms with van der Waals surface area (Å²) in [6, 6.07) is 19.2. The summed E-state index contributed by atoms with van der Waals surface area (Å²) >= 11 is 0. The van der Waals surface area contributed by atoms with E-state index in [1.807, 2.05) is 67.6 Å². The van der Waals surface area contributed by atoms with Crippen LogP contribution in [0.5, 0.6) is 0 Å². The number of hydrogen-bond donors (Lipinski definition) is 0. The van der Waals surface area contributed by atoms with Gasteiger partial charge in [0, 0.05) is 0 Å². The second-order valence-electron chi connectivity index (χ2n) is 6.00. The average Bonchev–Trinajstić information content (AvgIpc) is 2.97. The Kier molecular flexibility index (Phi) is 4.94. The summed E-state index contributed by atoms with van der Waals surface area (Å²) in [6.45, 7) is 2.22. The Morgan fingerprint density at radius 3 is 2.38 bits per heavy atom. The smallest absolute Gasteiger partial charge is 0.417 e. The van der Waals surface area contributed by atoms with Crippen molar-refractivity contribution in [3.8, 4) is 0 Å². The molecular formula is C20H21NO3. The minimum atomic E-state index is -0.532. The van der Waals surface area contributed by atoms with Gasteiger partial charge in [0.1, 0.15) is 6.61 Å². The molecule has 1 heterocycles. The van der Waals surface area contributed by atoms with Crippen LogP contribution in [0.4, 0.5) is 4.79 Å². The Morgan fingerprint density at radius 2 is 1.75 bits per heavy atom. The van der Waals surface area contributed by atoms with Crippen LogP contribution in [0, 0.1) is 0 Å². The SMILES string of the molecule is CCC(C(=O)N1C(=O)OCC1Cc1ccccc1)c1ccccc1. The number of ether oxygens (including phenoxy) is 1. The molecule has 0 saturated carbocycles. The van der Waals surface area contributed by atoms with Gasteiger partial charge in [-0.25, -0.2) is 9.69 Å². The highest BCUT2D eigenvalue weighted by Crippen LogP contribution is 2.27. The van der Waals surface area contributed by atoms with Crippen LogP contribution in [0.25, 0.3) is 0 Å². The van der Waals surface area contributed by atoms with Crippen molar-refractivity contribution < 1.29 is 14.3 Å². The van der Waals surface area contributed by atoms with Gasteiger partial charge in [0.15, 0.2) is 0 Å². The van der Waals surface area contributed by atoms with Gasteiger partial charge in [0.25, 0.3) is 0 Å². The molecule has 0 aromatic heterocycles. The van der Waals surface area contributed by atoms with E-state index in [2.05, 4.69) is 0 Å². The molecule has 0 spiro atoms. The molecule has 1 saturated heterocycles. The molecule has 24 heavy (non-hydrogen) atoms. The Morgan fingerprint density at radius 1 is 1.12 bits per heavy atom. The average molecular weight is 323 g/mol. The van der Waals surface area contributed by atoms with Crippen molar-refractivity contribution in [2.45, 2.75) is 31.7 Å². The number of cyclic esters (lactones) is 1.